The third-order valence-corrected chi connectivity index (χ3v) is 2.94. The van der Waals surface area contributed by atoms with Crippen LogP contribution in [-0.4, -0.2) is 28.9 Å². The van der Waals surface area contributed by atoms with Crippen molar-refractivity contribution in [1.29, 1.82) is 0 Å². The number of aryl methyl sites for hydroxylation is 1. The van der Waals surface area contributed by atoms with Gasteiger partial charge >= 0.3 is 5.76 Å². The van der Waals surface area contributed by atoms with Crippen LogP contribution in [0.2, 0.25) is 0 Å². The largest absolute Gasteiger partial charge is 0.419 e. The van der Waals surface area contributed by atoms with E-state index < -0.39 is 0 Å². The fourth-order valence-electron chi connectivity index (χ4n) is 1.81. The van der Waals surface area contributed by atoms with Crippen molar-refractivity contribution in [3.05, 3.63) is 34.3 Å². The Kier molecular flexibility index (Phi) is 3.54. The maximum atomic E-state index is 11.3. The van der Waals surface area contributed by atoms with Crippen LogP contribution < -0.4 is 5.76 Å². The zero-order valence-electron chi connectivity index (χ0n) is 9.94. The molecule has 0 radical (unpaired) electrons. The molecule has 0 atom stereocenters. The quantitative estimate of drug-likeness (QED) is 0.781. The number of halogens is 1. The molecule has 0 spiro atoms. The lowest BCUT2D eigenvalue weighted by atomic mass is 10.2. The number of nitrogens with zero attached hydrogens (tertiary/aromatic N) is 2. The Balaban J connectivity index is 2.29. The summed E-state index contributed by atoms with van der Waals surface area (Å²) in [5.74, 6) is 0.283. The summed E-state index contributed by atoms with van der Waals surface area (Å²) >= 11 is 5.68. The highest BCUT2D eigenvalue weighted by molar-refractivity contribution is 6.18. The van der Waals surface area contributed by atoms with Gasteiger partial charge in [-0.1, -0.05) is 6.07 Å². The molecule has 0 fully saturated rings. The molecule has 0 saturated heterocycles. The van der Waals surface area contributed by atoms with Crippen LogP contribution >= 0.6 is 11.6 Å². The van der Waals surface area contributed by atoms with E-state index in [1.165, 1.54) is 4.57 Å². The first kappa shape index (κ1) is 12.2. The second-order valence-corrected chi connectivity index (χ2v) is 4.53. The molecule has 0 amide bonds. The maximum absolute atomic E-state index is 11.3. The van der Waals surface area contributed by atoms with E-state index in [9.17, 15) is 4.79 Å². The Hall–Kier alpha value is -1.26. The minimum atomic E-state index is -0.328. The second-order valence-electron chi connectivity index (χ2n) is 4.16. The monoisotopic (exact) mass is 254 g/mol. The normalized spacial score (nSPS) is 11.5. The molecule has 2 aromatic rings. The standard InChI is InChI=1S/C12H15ClN2O2/c1-14(6-5-13)8-9-3-4-10-11(7-9)17-12(16)15(10)2/h3-4,7H,5-6,8H2,1-2H3. The summed E-state index contributed by atoms with van der Waals surface area (Å²) in [5.41, 5.74) is 2.56. The van der Waals surface area contributed by atoms with Crippen molar-refractivity contribution in [2.24, 2.45) is 7.05 Å². The van der Waals surface area contributed by atoms with Crippen LogP contribution in [0.3, 0.4) is 0 Å². The fraction of sp³-hybridized carbons (Fsp3) is 0.417. The van der Waals surface area contributed by atoms with E-state index in [1.54, 1.807) is 7.05 Å². The van der Waals surface area contributed by atoms with Crippen LogP contribution in [0.25, 0.3) is 11.1 Å². The number of benzene rings is 1. The summed E-state index contributed by atoms with van der Waals surface area (Å²) in [6.07, 6.45) is 0. The highest BCUT2D eigenvalue weighted by Crippen LogP contribution is 2.15. The van der Waals surface area contributed by atoms with Gasteiger partial charge in [0.1, 0.15) is 0 Å². The lowest BCUT2D eigenvalue weighted by Gasteiger charge is -2.14. The number of rotatable bonds is 4. The number of alkyl halides is 1. The molecular formula is C12H15ClN2O2. The van der Waals surface area contributed by atoms with Gasteiger partial charge in [0.15, 0.2) is 5.58 Å². The van der Waals surface area contributed by atoms with Crippen LogP contribution in [-0.2, 0) is 13.6 Å². The molecule has 92 valence electrons. The summed E-state index contributed by atoms with van der Waals surface area (Å²) in [7, 11) is 3.71. The van der Waals surface area contributed by atoms with Gasteiger partial charge in [0, 0.05) is 26.0 Å². The molecular weight excluding hydrogens is 240 g/mol. The molecule has 1 aromatic carbocycles. The van der Waals surface area contributed by atoms with Crippen LogP contribution in [0.1, 0.15) is 5.56 Å². The van der Waals surface area contributed by atoms with Crippen molar-refractivity contribution in [2.75, 3.05) is 19.5 Å². The van der Waals surface area contributed by atoms with Crippen molar-refractivity contribution >= 4 is 22.7 Å². The first-order valence-corrected chi connectivity index (χ1v) is 5.98. The number of aromatic nitrogens is 1. The van der Waals surface area contributed by atoms with Crippen molar-refractivity contribution in [3.8, 4) is 0 Å². The zero-order valence-corrected chi connectivity index (χ0v) is 10.7. The third kappa shape index (κ3) is 2.53. The first-order chi connectivity index (χ1) is 8.11. The van der Waals surface area contributed by atoms with Gasteiger partial charge in [-0.3, -0.25) is 4.57 Å². The van der Waals surface area contributed by atoms with E-state index in [4.69, 9.17) is 16.0 Å². The summed E-state index contributed by atoms with van der Waals surface area (Å²) in [4.78, 5) is 13.5. The fourth-order valence-corrected chi connectivity index (χ4v) is 2.10. The van der Waals surface area contributed by atoms with Crippen molar-refractivity contribution in [3.63, 3.8) is 0 Å². The lowest BCUT2D eigenvalue weighted by Crippen LogP contribution is -2.19. The topological polar surface area (TPSA) is 38.4 Å². The molecule has 0 saturated carbocycles. The van der Waals surface area contributed by atoms with Gasteiger partial charge in [-0.2, -0.15) is 0 Å². The first-order valence-electron chi connectivity index (χ1n) is 5.45. The van der Waals surface area contributed by atoms with Gasteiger partial charge < -0.3 is 9.32 Å². The van der Waals surface area contributed by atoms with Crippen molar-refractivity contribution in [2.45, 2.75) is 6.54 Å². The Morgan fingerprint density at radius 1 is 1.47 bits per heavy atom. The molecule has 0 aliphatic carbocycles. The highest BCUT2D eigenvalue weighted by Gasteiger charge is 2.07. The summed E-state index contributed by atoms with van der Waals surface area (Å²) in [6.45, 7) is 1.62. The predicted molar refractivity (Wildman–Crippen MR) is 68.5 cm³/mol. The predicted octanol–water partition coefficient (Wildman–Crippen LogP) is 1.80. The van der Waals surface area contributed by atoms with Gasteiger partial charge in [0.2, 0.25) is 0 Å². The highest BCUT2D eigenvalue weighted by atomic mass is 35.5. The lowest BCUT2D eigenvalue weighted by molar-refractivity contribution is 0.348. The van der Waals surface area contributed by atoms with Crippen LogP contribution in [0.15, 0.2) is 27.4 Å². The van der Waals surface area contributed by atoms with Gasteiger partial charge in [-0.05, 0) is 24.7 Å². The number of hydrogen-bond donors (Lipinski definition) is 0. The molecule has 17 heavy (non-hydrogen) atoms. The summed E-state index contributed by atoms with van der Waals surface area (Å²) in [6, 6.07) is 5.81. The molecule has 5 heteroatoms. The van der Waals surface area contributed by atoms with E-state index in [1.807, 2.05) is 25.2 Å². The van der Waals surface area contributed by atoms with Gasteiger partial charge in [0.25, 0.3) is 0 Å². The van der Waals surface area contributed by atoms with Gasteiger partial charge in [-0.15, -0.1) is 11.6 Å². The summed E-state index contributed by atoms with van der Waals surface area (Å²) in [5, 5.41) is 0. The number of oxazole rings is 1. The van der Waals surface area contributed by atoms with E-state index in [2.05, 4.69) is 4.90 Å². The minimum Gasteiger partial charge on any atom is -0.408 e. The smallest absolute Gasteiger partial charge is 0.408 e. The Bertz CT molecular complexity index is 573. The average Bonchev–Trinajstić information content (AvgIpc) is 2.55. The molecule has 1 heterocycles. The third-order valence-electron chi connectivity index (χ3n) is 2.78. The van der Waals surface area contributed by atoms with Gasteiger partial charge in [0.05, 0.1) is 5.52 Å². The zero-order chi connectivity index (χ0) is 12.4. The van der Waals surface area contributed by atoms with Crippen LogP contribution in [0.5, 0.6) is 0 Å². The summed E-state index contributed by atoms with van der Waals surface area (Å²) < 4.78 is 6.65. The maximum Gasteiger partial charge on any atom is 0.419 e. The molecule has 0 aliphatic rings. The van der Waals surface area contributed by atoms with Crippen molar-refractivity contribution in [1.82, 2.24) is 9.47 Å². The Labute approximate surface area is 104 Å². The molecule has 4 nitrogen and oxygen atoms in total. The minimum absolute atomic E-state index is 0.328. The Morgan fingerprint density at radius 3 is 2.94 bits per heavy atom. The molecule has 0 bridgehead atoms. The van der Waals surface area contributed by atoms with Crippen molar-refractivity contribution < 1.29 is 4.42 Å². The van der Waals surface area contributed by atoms with Gasteiger partial charge in [-0.25, -0.2) is 4.79 Å². The Morgan fingerprint density at radius 2 is 2.24 bits per heavy atom. The van der Waals surface area contributed by atoms with Crippen LogP contribution in [0.4, 0.5) is 0 Å². The molecule has 0 unspecified atom stereocenters. The van der Waals surface area contributed by atoms with E-state index in [-0.39, 0.29) is 5.76 Å². The SMILES string of the molecule is CN(CCCl)Cc1ccc2c(c1)oc(=O)n2C. The molecule has 0 aliphatic heterocycles. The molecule has 0 N–H and O–H groups in total. The van der Waals surface area contributed by atoms with E-state index in [0.717, 1.165) is 24.2 Å². The molecule has 1 aromatic heterocycles. The van der Waals surface area contributed by atoms with Crippen LogP contribution in [0, 0.1) is 0 Å². The number of hydrogen-bond acceptors (Lipinski definition) is 3. The van der Waals surface area contributed by atoms with E-state index >= 15 is 0 Å². The molecule has 2 rings (SSSR count). The second kappa shape index (κ2) is 4.94. The number of fused-ring (bicyclic) bond motifs is 1. The van der Waals surface area contributed by atoms with E-state index in [0.29, 0.717) is 11.5 Å². The average molecular weight is 255 g/mol.